The molecule has 2 nitrogen and oxygen atoms in total. The van der Waals surface area contributed by atoms with Crippen molar-refractivity contribution in [1.82, 2.24) is 0 Å². The molecule has 0 bridgehead atoms. The number of halogens is 5. The topological polar surface area (TPSA) is 18.5 Å². The second-order valence-corrected chi connectivity index (χ2v) is 6.80. The van der Waals surface area contributed by atoms with Crippen LogP contribution in [0.2, 0.25) is 5.02 Å². The van der Waals surface area contributed by atoms with Crippen molar-refractivity contribution >= 4 is 23.2 Å². The third-order valence-electron chi connectivity index (χ3n) is 3.69. The van der Waals surface area contributed by atoms with Crippen molar-refractivity contribution in [2.75, 3.05) is 13.2 Å². The second-order valence-electron chi connectivity index (χ2n) is 5.80. The molecule has 0 saturated carbocycles. The molecule has 0 aromatic heterocycles. The lowest BCUT2D eigenvalue weighted by atomic mass is 10.0. The first-order valence-corrected chi connectivity index (χ1v) is 9.05. The summed E-state index contributed by atoms with van der Waals surface area (Å²) in [6.45, 7) is 2.33. The van der Waals surface area contributed by atoms with Crippen LogP contribution < -0.4 is 9.47 Å². The Hall–Kier alpha value is -1.85. The van der Waals surface area contributed by atoms with Crippen molar-refractivity contribution in [3.8, 4) is 11.5 Å². The molecule has 0 unspecified atom stereocenters. The van der Waals surface area contributed by atoms with E-state index >= 15 is 0 Å². The first kappa shape index (κ1) is 21.5. The maximum atomic E-state index is 13.0. The number of ether oxygens (including phenoxy) is 2. The molecular weight excluding hydrogens is 400 g/mol. The highest BCUT2D eigenvalue weighted by Crippen LogP contribution is 2.32. The zero-order valence-corrected chi connectivity index (χ0v) is 16.2. The SMILES string of the molecule is C/C(Cl)=C/COc1ccc(OCCCc2ccccc2C(F)(F)F)c(Cl)c1. The Morgan fingerprint density at radius 3 is 2.52 bits per heavy atom. The van der Waals surface area contributed by atoms with Gasteiger partial charge in [0.15, 0.2) is 0 Å². The van der Waals surface area contributed by atoms with Gasteiger partial charge in [-0.15, -0.1) is 0 Å². The van der Waals surface area contributed by atoms with Crippen molar-refractivity contribution in [3.63, 3.8) is 0 Å². The zero-order valence-electron chi connectivity index (χ0n) is 14.7. The number of allylic oxidation sites excluding steroid dienone is 1. The van der Waals surface area contributed by atoms with E-state index in [4.69, 9.17) is 32.7 Å². The molecule has 2 rings (SSSR count). The van der Waals surface area contributed by atoms with E-state index in [9.17, 15) is 13.2 Å². The van der Waals surface area contributed by atoms with Crippen LogP contribution in [0.25, 0.3) is 0 Å². The molecular formula is C20H19Cl2F3O2. The van der Waals surface area contributed by atoms with Crippen molar-refractivity contribution in [2.45, 2.75) is 25.9 Å². The first-order valence-electron chi connectivity index (χ1n) is 8.30. The predicted molar refractivity (Wildman–Crippen MR) is 102 cm³/mol. The summed E-state index contributed by atoms with van der Waals surface area (Å²) in [6.07, 6.45) is -1.94. The lowest BCUT2D eigenvalue weighted by Gasteiger charge is -2.13. The molecule has 27 heavy (non-hydrogen) atoms. The van der Waals surface area contributed by atoms with Crippen LogP contribution in [-0.2, 0) is 12.6 Å². The maximum absolute atomic E-state index is 13.0. The van der Waals surface area contributed by atoms with Gasteiger partial charge < -0.3 is 9.47 Å². The quantitative estimate of drug-likeness (QED) is 0.434. The fourth-order valence-corrected chi connectivity index (χ4v) is 2.69. The Morgan fingerprint density at radius 2 is 1.85 bits per heavy atom. The van der Waals surface area contributed by atoms with Crippen molar-refractivity contribution in [2.24, 2.45) is 0 Å². The smallest absolute Gasteiger partial charge is 0.416 e. The lowest BCUT2D eigenvalue weighted by Crippen LogP contribution is -2.10. The van der Waals surface area contributed by atoms with Gasteiger partial charge >= 0.3 is 6.18 Å². The molecule has 0 aliphatic rings. The molecule has 0 spiro atoms. The molecule has 0 fully saturated rings. The normalized spacial score (nSPS) is 12.1. The van der Waals surface area contributed by atoms with Gasteiger partial charge in [-0.05, 0) is 49.6 Å². The van der Waals surface area contributed by atoms with Gasteiger partial charge in [-0.3, -0.25) is 0 Å². The Morgan fingerprint density at radius 1 is 1.11 bits per heavy atom. The minimum Gasteiger partial charge on any atom is -0.492 e. The molecule has 0 saturated heterocycles. The Labute approximate surface area is 166 Å². The van der Waals surface area contributed by atoms with E-state index in [1.165, 1.54) is 12.1 Å². The third kappa shape index (κ3) is 7.00. The highest BCUT2D eigenvalue weighted by molar-refractivity contribution is 6.32. The van der Waals surface area contributed by atoms with Crippen LogP contribution >= 0.6 is 23.2 Å². The van der Waals surface area contributed by atoms with E-state index in [1.54, 1.807) is 37.3 Å². The van der Waals surface area contributed by atoms with Gasteiger partial charge in [0.2, 0.25) is 0 Å². The van der Waals surface area contributed by atoms with Crippen LogP contribution in [0.4, 0.5) is 13.2 Å². The molecule has 7 heteroatoms. The van der Waals surface area contributed by atoms with Gasteiger partial charge in [-0.1, -0.05) is 41.4 Å². The standard InChI is InChI=1S/C20H19Cl2F3O2/c1-14(21)10-12-26-16-8-9-19(18(22)13-16)27-11-4-6-15-5-2-3-7-17(15)20(23,24)25/h2-3,5,7-10,13H,4,6,11-12H2,1H3/b14-10-. The Bertz CT molecular complexity index is 785. The maximum Gasteiger partial charge on any atom is 0.416 e. The van der Waals surface area contributed by atoms with Gasteiger partial charge in [0.1, 0.15) is 18.1 Å². The number of alkyl halides is 3. The van der Waals surface area contributed by atoms with E-state index in [1.807, 2.05) is 0 Å². The molecule has 0 radical (unpaired) electrons. The molecule has 2 aromatic carbocycles. The third-order valence-corrected chi connectivity index (χ3v) is 4.14. The fraction of sp³-hybridized carbons (Fsp3) is 0.300. The van der Waals surface area contributed by atoms with Gasteiger partial charge in [0, 0.05) is 11.1 Å². The minimum absolute atomic E-state index is 0.250. The van der Waals surface area contributed by atoms with Crippen LogP contribution in [0.5, 0.6) is 11.5 Å². The molecule has 0 aliphatic heterocycles. The van der Waals surface area contributed by atoms with Gasteiger partial charge in [-0.25, -0.2) is 0 Å². The fourth-order valence-electron chi connectivity index (χ4n) is 2.40. The van der Waals surface area contributed by atoms with E-state index in [2.05, 4.69) is 0 Å². The van der Waals surface area contributed by atoms with Crippen LogP contribution in [0, 0.1) is 0 Å². The lowest BCUT2D eigenvalue weighted by molar-refractivity contribution is -0.138. The van der Waals surface area contributed by atoms with Crippen molar-refractivity contribution in [1.29, 1.82) is 0 Å². The van der Waals surface area contributed by atoms with Crippen LogP contribution in [0.15, 0.2) is 53.6 Å². The second kappa shape index (κ2) is 9.90. The summed E-state index contributed by atoms with van der Waals surface area (Å²) in [5, 5.41) is 1.00. The number of hydrogen-bond donors (Lipinski definition) is 0. The molecule has 0 heterocycles. The number of benzene rings is 2. The summed E-state index contributed by atoms with van der Waals surface area (Å²) >= 11 is 11.9. The van der Waals surface area contributed by atoms with Crippen molar-refractivity contribution < 1.29 is 22.6 Å². The largest absolute Gasteiger partial charge is 0.492 e. The molecule has 0 aliphatic carbocycles. The number of rotatable bonds is 8. The summed E-state index contributed by atoms with van der Waals surface area (Å²) in [6, 6.07) is 10.5. The summed E-state index contributed by atoms with van der Waals surface area (Å²) in [4.78, 5) is 0. The molecule has 146 valence electrons. The van der Waals surface area contributed by atoms with Crippen molar-refractivity contribution in [3.05, 3.63) is 69.7 Å². The van der Waals surface area contributed by atoms with Gasteiger partial charge in [-0.2, -0.15) is 13.2 Å². The minimum atomic E-state index is -4.35. The summed E-state index contributed by atoms with van der Waals surface area (Å²) in [5.74, 6) is 1.03. The predicted octanol–water partition coefficient (Wildman–Crippen LogP) is 6.89. The average Bonchev–Trinajstić information content (AvgIpc) is 2.59. The Balaban J connectivity index is 1.87. The summed E-state index contributed by atoms with van der Waals surface area (Å²) < 4.78 is 50.0. The number of aryl methyl sites for hydroxylation is 1. The van der Waals surface area contributed by atoms with Crippen LogP contribution in [0.1, 0.15) is 24.5 Å². The van der Waals surface area contributed by atoms with Crippen LogP contribution in [0.3, 0.4) is 0 Å². The zero-order chi connectivity index (χ0) is 19.9. The highest BCUT2D eigenvalue weighted by atomic mass is 35.5. The first-order chi connectivity index (χ1) is 12.8. The van der Waals surface area contributed by atoms with Gasteiger partial charge in [0.05, 0.1) is 17.2 Å². The molecule has 0 N–H and O–H groups in total. The highest BCUT2D eigenvalue weighted by Gasteiger charge is 2.32. The van der Waals surface area contributed by atoms with Gasteiger partial charge in [0.25, 0.3) is 0 Å². The Kier molecular flexibility index (Phi) is 7.87. The molecule has 0 atom stereocenters. The molecule has 2 aromatic rings. The summed E-state index contributed by atoms with van der Waals surface area (Å²) in [7, 11) is 0. The van der Waals surface area contributed by atoms with E-state index < -0.39 is 11.7 Å². The number of hydrogen-bond acceptors (Lipinski definition) is 2. The van der Waals surface area contributed by atoms with E-state index in [0.29, 0.717) is 34.6 Å². The van der Waals surface area contributed by atoms with E-state index in [0.717, 1.165) is 6.07 Å². The molecule has 0 amide bonds. The van der Waals surface area contributed by atoms with E-state index in [-0.39, 0.29) is 18.6 Å². The monoisotopic (exact) mass is 418 g/mol. The average molecular weight is 419 g/mol. The van der Waals surface area contributed by atoms with Crippen LogP contribution in [-0.4, -0.2) is 13.2 Å². The summed E-state index contributed by atoms with van der Waals surface area (Å²) in [5.41, 5.74) is -0.350.